The molecule has 0 aliphatic carbocycles. The van der Waals surface area contributed by atoms with Gasteiger partial charge in [0.25, 0.3) is 5.91 Å². The molecule has 1 aliphatic heterocycles. The fourth-order valence-corrected chi connectivity index (χ4v) is 3.22. The molecule has 3 rings (SSSR count). The minimum Gasteiger partial charge on any atom is -0.365 e. The number of hydrogen-bond donors (Lipinski definition) is 1. The molecule has 5 nitrogen and oxygen atoms in total. The number of aromatic nitrogens is 3. The molecule has 2 aromatic rings. The van der Waals surface area contributed by atoms with E-state index in [2.05, 4.69) is 9.97 Å². The Morgan fingerprint density at radius 1 is 1.42 bits per heavy atom. The molecule has 1 fully saturated rings. The third kappa shape index (κ3) is 3.05. The van der Waals surface area contributed by atoms with E-state index in [4.69, 9.17) is 0 Å². The van der Waals surface area contributed by atoms with Gasteiger partial charge in [-0.2, -0.15) is 13.2 Å². The number of carbonyl (C=O) groups excluding carboxylic acids is 1. The Kier molecular flexibility index (Phi) is 4.15. The van der Waals surface area contributed by atoms with Crippen molar-refractivity contribution < 1.29 is 18.0 Å². The van der Waals surface area contributed by atoms with Gasteiger partial charge < -0.3 is 14.5 Å². The van der Waals surface area contributed by atoms with E-state index in [9.17, 15) is 18.0 Å². The van der Waals surface area contributed by atoms with Gasteiger partial charge in [0.2, 0.25) is 0 Å². The van der Waals surface area contributed by atoms with Gasteiger partial charge in [-0.15, -0.1) is 0 Å². The maximum atomic E-state index is 12.8. The fraction of sp³-hybridized carbons (Fsp3) is 0.500. The van der Waals surface area contributed by atoms with Crippen LogP contribution in [0.25, 0.3) is 0 Å². The maximum Gasteiger partial charge on any atom is 0.434 e. The Hall–Kier alpha value is -2.25. The molecule has 24 heavy (non-hydrogen) atoms. The maximum absolute atomic E-state index is 12.8. The molecule has 1 saturated heterocycles. The molecular formula is C16H19F3N4O. The van der Waals surface area contributed by atoms with Crippen molar-refractivity contribution in [2.75, 3.05) is 13.1 Å². The van der Waals surface area contributed by atoms with Gasteiger partial charge in [0, 0.05) is 44.1 Å². The standard InChI is InChI=1S/C16H19F3N4O/c1-10-12(5-6-20-10)15(24)23-7-3-4-11(8-23)14-21-13(9-22(14)2)16(17,18)19/h5-6,9,11,20H,3-4,7-8H2,1-2H3/t11-/m0/s1. The lowest BCUT2D eigenvalue weighted by Gasteiger charge is -2.32. The van der Waals surface area contributed by atoms with Crippen molar-refractivity contribution in [1.29, 1.82) is 0 Å². The van der Waals surface area contributed by atoms with Gasteiger partial charge in [-0.3, -0.25) is 4.79 Å². The highest BCUT2D eigenvalue weighted by atomic mass is 19.4. The van der Waals surface area contributed by atoms with Crippen LogP contribution >= 0.6 is 0 Å². The van der Waals surface area contributed by atoms with E-state index in [1.165, 1.54) is 4.57 Å². The third-order valence-corrected chi connectivity index (χ3v) is 4.46. The third-order valence-electron chi connectivity index (χ3n) is 4.46. The van der Waals surface area contributed by atoms with E-state index >= 15 is 0 Å². The second kappa shape index (κ2) is 5.99. The topological polar surface area (TPSA) is 53.9 Å². The van der Waals surface area contributed by atoms with Crippen LogP contribution < -0.4 is 0 Å². The lowest BCUT2D eigenvalue weighted by Crippen LogP contribution is -2.39. The zero-order chi connectivity index (χ0) is 17.5. The number of carbonyl (C=O) groups is 1. The molecule has 0 unspecified atom stereocenters. The van der Waals surface area contributed by atoms with E-state index < -0.39 is 11.9 Å². The van der Waals surface area contributed by atoms with Crippen molar-refractivity contribution in [2.24, 2.45) is 7.05 Å². The summed E-state index contributed by atoms with van der Waals surface area (Å²) in [6.07, 6.45) is -0.278. The molecule has 1 N–H and O–H groups in total. The SMILES string of the molecule is Cc1[nH]ccc1C(=O)N1CCC[C@H](c2nc(C(F)(F)F)cn2C)C1. The molecule has 2 aromatic heterocycles. The Bertz CT molecular complexity index is 747. The molecular weight excluding hydrogens is 321 g/mol. The number of nitrogens with zero attached hydrogens (tertiary/aromatic N) is 3. The van der Waals surface area contributed by atoms with E-state index in [0.29, 0.717) is 24.5 Å². The highest BCUT2D eigenvalue weighted by Gasteiger charge is 2.36. The smallest absolute Gasteiger partial charge is 0.365 e. The first-order valence-corrected chi connectivity index (χ1v) is 7.81. The van der Waals surface area contributed by atoms with Crippen LogP contribution in [0.2, 0.25) is 0 Å². The van der Waals surface area contributed by atoms with Crippen LogP contribution in [0, 0.1) is 6.92 Å². The number of likely N-dealkylation sites (tertiary alicyclic amines) is 1. The lowest BCUT2D eigenvalue weighted by molar-refractivity contribution is -0.141. The summed E-state index contributed by atoms with van der Waals surface area (Å²) in [5.74, 6) is 0.0948. The van der Waals surface area contributed by atoms with Crippen molar-refractivity contribution in [3.63, 3.8) is 0 Å². The van der Waals surface area contributed by atoms with E-state index in [-0.39, 0.29) is 11.8 Å². The first kappa shape index (κ1) is 16.6. The minimum atomic E-state index is -4.46. The second-order valence-corrected chi connectivity index (χ2v) is 6.20. The molecule has 3 heterocycles. The molecule has 0 saturated carbocycles. The molecule has 1 atom stereocenters. The van der Waals surface area contributed by atoms with Gasteiger partial charge in [0.05, 0.1) is 5.56 Å². The van der Waals surface area contributed by atoms with Crippen molar-refractivity contribution in [3.05, 3.63) is 41.2 Å². The number of amides is 1. The minimum absolute atomic E-state index is 0.0938. The van der Waals surface area contributed by atoms with Crippen LogP contribution in [0.15, 0.2) is 18.5 Å². The molecule has 130 valence electrons. The summed E-state index contributed by atoms with van der Waals surface area (Å²) in [4.78, 5) is 21.1. The number of alkyl halides is 3. The van der Waals surface area contributed by atoms with Gasteiger partial charge in [0.1, 0.15) is 5.82 Å². The van der Waals surface area contributed by atoms with Crippen molar-refractivity contribution in [3.8, 4) is 0 Å². The quantitative estimate of drug-likeness (QED) is 0.913. The Labute approximate surface area is 137 Å². The van der Waals surface area contributed by atoms with Gasteiger partial charge in [-0.25, -0.2) is 4.98 Å². The number of hydrogen-bond acceptors (Lipinski definition) is 2. The van der Waals surface area contributed by atoms with Crippen LogP contribution in [-0.4, -0.2) is 38.4 Å². The van der Waals surface area contributed by atoms with Gasteiger partial charge in [0.15, 0.2) is 5.69 Å². The van der Waals surface area contributed by atoms with Crippen LogP contribution in [-0.2, 0) is 13.2 Å². The summed E-state index contributed by atoms with van der Waals surface area (Å²) in [6, 6.07) is 1.73. The lowest BCUT2D eigenvalue weighted by atomic mass is 9.96. The number of aromatic amines is 1. The first-order chi connectivity index (χ1) is 11.3. The Morgan fingerprint density at radius 2 is 2.17 bits per heavy atom. The largest absolute Gasteiger partial charge is 0.434 e. The monoisotopic (exact) mass is 340 g/mol. The van der Waals surface area contributed by atoms with Crippen LogP contribution in [0.5, 0.6) is 0 Å². The van der Waals surface area contributed by atoms with Crippen LogP contribution in [0.3, 0.4) is 0 Å². The number of H-pyrrole nitrogens is 1. The summed E-state index contributed by atoms with van der Waals surface area (Å²) in [5, 5.41) is 0. The van der Waals surface area contributed by atoms with Gasteiger partial charge in [-0.1, -0.05) is 0 Å². The number of rotatable bonds is 2. The second-order valence-electron chi connectivity index (χ2n) is 6.20. The average molecular weight is 340 g/mol. The number of aryl methyl sites for hydroxylation is 2. The predicted molar refractivity (Wildman–Crippen MR) is 81.6 cm³/mol. The molecule has 0 radical (unpaired) electrons. The summed E-state index contributed by atoms with van der Waals surface area (Å²) >= 11 is 0. The van der Waals surface area contributed by atoms with E-state index in [1.807, 2.05) is 6.92 Å². The molecule has 0 aromatic carbocycles. The predicted octanol–water partition coefficient (Wildman–Crippen LogP) is 3.10. The highest BCUT2D eigenvalue weighted by Crippen LogP contribution is 2.32. The van der Waals surface area contributed by atoms with Crippen molar-refractivity contribution in [2.45, 2.75) is 31.9 Å². The summed E-state index contributed by atoms with van der Waals surface area (Å²) in [6.45, 7) is 2.81. The van der Waals surface area contributed by atoms with Crippen LogP contribution in [0.4, 0.5) is 13.2 Å². The molecule has 0 bridgehead atoms. The molecule has 1 amide bonds. The average Bonchev–Trinajstić information content (AvgIpc) is 3.12. The fourth-order valence-electron chi connectivity index (χ4n) is 3.22. The number of halogens is 3. The number of piperidine rings is 1. The number of nitrogens with one attached hydrogen (secondary N) is 1. The summed E-state index contributed by atoms with van der Waals surface area (Å²) < 4.78 is 39.9. The van der Waals surface area contributed by atoms with Crippen molar-refractivity contribution >= 4 is 5.91 Å². The molecule has 0 spiro atoms. The van der Waals surface area contributed by atoms with Gasteiger partial charge >= 0.3 is 6.18 Å². The van der Waals surface area contributed by atoms with Gasteiger partial charge in [-0.05, 0) is 25.8 Å². The Balaban J connectivity index is 1.80. The Morgan fingerprint density at radius 3 is 2.75 bits per heavy atom. The van der Waals surface area contributed by atoms with E-state index in [1.54, 1.807) is 24.2 Å². The normalized spacial score (nSPS) is 18.9. The number of imidazole rings is 1. The van der Waals surface area contributed by atoms with Crippen LogP contribution in [0.1, 0.15) is 46.3 Å². The van der Waals surface area contributed by atoms with Crippen molar-refractivity contribution in [1.82, 2.24) is 19.4 Å². The summed E-state index contributed by atoms with van der Waals surface area (Å²) in [5.41, 5.74) is 0.509. The molecule has 8 heteroatoms. The summed E-state index contributed by atoms with van der Waals surface area (Å²) in [7, 11) is 1.56. The first-order valence-electron chi connectivity index (χ1n) is 7.81. The zero-order valence-corrected chi connectivity index (χ0v) is 13.5. The molecule has 1 aliphatic rings. The zero-order valence-electron chi connectivity index (χ0n) is 13.5. The highest BCUT2D eigenvalue weighted by molar-refractivity contribution is 5.95. The van der Waals surface area contributed by atoms with E-state index in [0.717, 1.165) is 24.7 Å².